The summed E-state index contributed by atoms with van der Waals surface area (Å²) in [4.78, 5) is 21.8. The molecule has 2 N–H and O–H groups in total. The second kappa shape index (κ2) is 4.05. The van der Waals surface area contributed by atoms with Gasteiger partial charge in [-0.1, -0.05) is 0 Å². The van der Waals surface area contributed by atoms with Crippen LogP contribution in [0.25, 0.3) is 0 Å². The molecule has 2 unspecified atom stereocenters. The predicted molar refractivity (Wildman–Crippen MR) is 57.8 cm³/mol. The fourth-order valence-corrected chi connectivity index (χ4v) is 1.90. The Morgan fingerprint density at radius 2 is 2.25 bits per heavy atom. The quantitative estimate of drug-likeness (QED) is 0.701. The zero-order chi connectivity index (χ0) is 11.7. The van der Waals surface area contributed by atoms with E-state index in [2.05, 4.69) is 9.97 Å². The molecule has 86 valence electrons. The van der Waals surface area contributed by atoms with Gasteiger partial charge in [-0.15, -0.1) is 0 Å². The molecule has 1 aliphatic heterocycles. The van der Waals surface area contributed by atoms with Crippen LogP contribution in [0.1, 0.15) is 18.7 Å². The summed E-state index contributed by atoms with van der Waals surface area (Å²) in [6, 6.07) is -1.01. The van der Waals surface area contributed by atoms with Crippen molar-refractivity contribution in [2.75, 3.05) is 18.6 Å². The molecule has 1 aromatic heterocycles. The first-order valence-electron chi connectivity index (χ1n) is 5.12. The van der Waals surface area contributed by atoms with E-state index in [1.807, 2.05) is 0 Å². The molecule has 0 bridgehead atoms. The number of anilines is 1. The first-order chi connectivity index (χ1) is 7.66. The van der Waals surface area contributed by atoms with Crippen molar-refractivity contribution in [3.05, 3.63) is 18.1 Å². The van der Waals surface area contributed by atoms with Crippen LogP contribution in [-0.2, 0) is 9.53 Å². The fraction of sp³-hybridized carbons (Fsp3) is 0.500. The second-order valence-corrected chi connectivity index (χ2v) is 3.60. The van der Waals surface area contributed by atoms with E-state index in [0.717, 1.165) is 0 Å². The van der Waals surface area contributed by atoms with Crippen molar-refractivity contribution in [2.45, 2.75) is 19.0 Å². The van der Waals surface area contributed by atoms with E-state index in [-0.39, 0.29) is 5.97 Å². The number of esters is 1. The topological polar surface area (TPSA) is 81.3 Å². The number of likely N-dealkylation sites (N-methyl/N-ethyl adjacent to an activating group) is 1. The minimum absolute atomic E-state index is 0.336. The third kappa shape index (κ3) is 1.51. The lowest BCUT2D eigenvalue weighted by molar-refractivity contribution is -0.145. The van der Waals surface area contributed by atoms with Crippen LogP contribution in [0.2, 0.25) is 0 Å². The lowest BCUT2D eigenvalue weighted by atomic mass is 10.1. The van der Waals surface area contributed by atoms with Crippen LogP contribution in [0.3, 0.4) is 0 Å². The standard InChI is InChI=1S/C10H14N4O2/c1-3-16-10(15)8-6(11)7-9(14(8)2)13-5-4-12-7/h4-6,8H,3,11H2,1-2H3. The second-order valence-electron chi connectivity index (χ2n) is 3.60. The normalized spacial score (nSPS) is 23.1. The molecule has 6 nitrogen and oxygen atoms in total. The largest absolute Gasteiger partial charge is 0.464 e. The first-order valence-corrected chi connectivity index (χ1v) is 5.12. The Hall–Kier alpha value is -1.69. The number of nitrogens with two attached hydrogens (primary N) is 1. The van der Waals surface area contributed by atoms with E-state index in [1.54, 1.807) is 31.3 Å². The highest BCUT2D eigenvalue weighted by atomic mass is 16.5. The van der Waals surface area contributed by atoms with Crippen molar-refractivity contribution in [1.29, 1.82) is 0 Å². The summed E-state index contributed by atoms with van der Waals surface area (Å²) >= 11 is 0. The van der Waals surface area contributed by atoms with E-state index in [0.29, 0.717) is 18.1 Å². The van der Waals surface area contributed by atoms with Gasteiger partial charge in [0.2, 0.25) is 0 Å². The van der Waals surface area contributed by atoms with E-state index in [9.17, 15) is 4.79 Å². The number of fused-ring (bicyclic) bond motifs is 1. The van der Waals surface area contributed by atoms with E-state index in [1.165, 1.54) is 0 Å². The van der Waals surface area contributed by atoms with Crippen molar-refractivity contribution in [3.63, 3.8) is 0 Å². The molecule has 0 radical (unpaired) electrons. The van der Waals surface area contributed by atoms with Gasteiger partial charge in [-0.2, -0.15) is 0 Å². The average Bonchev–Trinajstić information content (AvgIpc) is 2.53. The lowest BCUT2D eigenvalue weighted by Crippen LogP contribution is -2.42. The van der Waals surface area contributed by atoms with Gasteiger partial charge in [0, 0.05) is 19.4 Å². The van der Waals surface area contributed by atoms with Crippen molar-refractivity contribution < 1.29 is 9.53 Å². The number of ether oxygens (including phenoxy) is 1. The van der Waals surface area contributed by atoms with Crippen LogP contribution < -0.4 is 10.6 Å². The molecule has 0 saturated carbocycles. The van der Waals surface area contributed by atoms with Gasteiger partial charge in [0.25, 0.3) is 0 Å². The predicted octanol–water partition coefficient (Wildman–Crippen LogP) is -0.142. The Kier molecular flexibility index (Phi) is 2.74. The molecule has 2 heterocycles. The maximum atomic E-state index is 11.7. The smallest absolute Gasteiger partial charge is 0.330 e. The summed E-state index contributed by atoms with van der Waals surface area (Å²) in [7, 11) is 1.77. The number of hydrogen-bond donors (Lipinski definition) is 1. The van der Waals surface area contributed by atoms with Crippen LogP contribution in [0, 0.1) is 0 Å². The van der Waals surface area contributed by atoms with Crippen molar-refractivity contribution in [3.8, 4) is 0 Å². The summed E-state index contributed by atoms with van der Waals surface area (Å²) in [5, 5.41) is 0. The molecule has 1 aliphatic rings. The molecule has 0 aliphatic carbocycles. The maximum absolute atomic E-state index is 11.7. The molecular formula is C10H14N4O2. The number of carbonyl (C=O) groups is 1. The van der Waals surface area contributed by atoms with Crippen LogP contribution in [0.4, 0.5) is 5.82 Å². The highest BCUT2D eigenvalue weighted by Crippen LogP contribution is 2.33. The van der Waals surface area contributed by atoms with Crippen LogP contribution in [0.5, 0.6) is 0 Å². The van der Waals surface area contributed by atoms with Gasteiger partial charge in [0.1, 0.15) is 11.7 Å². The Bertz CT molecular complexity index is 381. The SMILES string of the molecule is CCOC(=O)C1C(N)c2nccnc2N1C. The zero-order valence-electron chi connectivity index (χ0n) is 9.25. The zero-order valence-corrected chi connectivity index (χ0v) is 9.25. The lowest BCUT2D eigenvalue weighted by Gasteiger charge is -2.21. The molecule has 0 aromatic carbocycles. The highest BCUT2D eigenvalue weighted by Gasteiger charge is 2.42. The van der Waals surface area contributed by atoms with Gasteiger partial charge in [-0.25, -0.2) is 9.78 Å². The molecule has 2 rings (SSSR count). The Morgan fingerprint density at radius 1 is 1.56 bits per heavy atom. The Morgan fingerprint density at radius 3 is 2.88 bits per heavy atom. The van der Waals surface area contributed by atoms with Crippen LogP contribution >= 0.6 is 0 Å². The molecule has 16 heavy (non-hydrogen) atoms. The van der Waals surface area contributed by atoms with Gasteiger partial charge in [0.15, 0.2) is 5.82 Å². The number of aromatic nitrogens is 2. The van der Waals surface area contributed by atoms with Crippen LogP contribution in [0.15, 0.2) is 12.4 Å². The van der Waals surface area contributed by atoms with Crippen LogP contribution in [-0.4, -0.2) is 35.6 Å². The van der Waals surface area contributed by atoms with E-state index < -0.39 is 12.1 Å². The number of nitrogens with zero attached hydrogens (tertiary/aromatic N) is 3. The van der Waals surface area contributed by atoms with Crippen molar-refractivity contribution in [1.82, 2.24) is 9.97 Å². The summed E-state index contributed by atoms with van der Waals surface area (Å²) in [5.41, 5.74) is 6.61. The first kappa shape index (κ1) is 10.8. The molecule has 0 amide bonds. The molecule has 6 heteroatoms. The molecular weight excluding hydrogens is 208 g/mol. The van der Waals surface area contributed by atoms with Crippen molar-refractivity contribution >= 4 is 11.8 Å². The highest BCUT2D eigenvalue weighted by molar-refractivity contribution is 5.83. The number of hydrogen-bond acceptors (Lipinski definition) is 6. The molecule has 0 spiro atoms. The van der Waals surface area contributed by atoms with Gasteiger partial charge in [-0.05, 0) is 6.92 Å². The minimum Gasteiger partial charge on any atom is -0.464 e. The fourth-order valence-electron chi connectivity index (χ4n) is 1.90. The average molecular weight is 222 g/mol. The van der Waals surface area contributed by atoms with Crippen molar-refractivity contribution in [2.24, 2.45) is 5.73 Å². The summed E-state index contributed by atoms with van der Waals surface area (Å²) in [6.07, 6.45) is 3.15. The monoisotopic (exact) mass is 222 g/mol. The van der Waals surface area contributed by atoms with Gasteiger partial charge in [-0.3, -0.25) is 4.98 Å². The summed E-state index contributed by atoms with van der Waals surface area (Å²) in [5.74, 6) is 0.311. The van der Waals surface area contributed by atoms with E-state index >= 15 is 0 Å². The van der Waals surface area contributed by atoms with Gasteiger partial charge < -0.3 is 15.4 Å². The Balaban J connectivity index is 2.31. The summed E-state index contributed by atoms with van der Waals surface area (Å²) < 4.78 is 4.98. The third-order valence-electron chi connectivity index (χ3n) is 2.64. The van der Waals surface area contributed by atoms with E-state index in [4.69, 9.17) is 10.5 Å². The third-order valence-corrected chi connectivity index (χ3v) is 2.64. The molecule has 2 atom stereocenters. The molecule has 0 saturated heterocycles. The maximum Gasteiger partial charge on any atom is 0.330 e. The Labute approximate surface area is 93.4 Å². The number of rotatable bonds is 2. The summed E-state index contributed by atoms with van der Waals surface area (Å²) in [6.45, 7) is 2.11. The molecule has 0 fully saturated rings. The molecule has 1 aromatic rings. The van der Waals surface area contributed by atoms with Gasteiger partial charge in [0.05, 0.1) is 12.6 Å². The van der Waals surface area contributed by atoms with Gasteiger partial charge >= 0.3 is 5.97 Å². The number of carbonyl (C=O) groups excluding carboxylic acids is 1. The minimum atomic E-state index is -0.530.